The summed E-state index contributed by atoms with van der Waals surface area (Å²) in [5.74, 6) is 0. The number of hydrogen-bond acceptors (Lipinski definition) is 5. The van der Waals surface area contributed by atoms with E-state index in [9.17, 15) is 9.81 Å². The molecule has 0 aliphatic carbocycles. The van der Waals surface area contributed by atoms with Gasteiger partial charge in [0.2, 0.25) is 5.66 Å². The van der Waals surface area contributed by atoms with Crippen molar-refractivity contribution >= 4 is 0 Å². The van der Waals surface area contributed by atoms with Gasteiger partial charge in [-0.25, -0.2) is 0 Å². The first-order chi connectivity index (χ1) is 6.95. The van der Waals surface area contributed by atoms with Gasteiger partial charge in [-0.2, -0.15) is 0 Å². The third-order valence-electron chi connectivity index (χ3n) is 3.20. The number of nitrogens with zero attached hydrogens (tertiary/aromatic N) is 3. The molecule has 1 aliphatic rings. The SMILES string of the molecule is CC(C)N1C(C)CC(N=O)(N=O)CC1C. The molecule has 0 aromatic heterocycles. The molecule has 1 aliphatic heterocycles. The molecule has 0 amide bonds. The lowest BCUT2D eigenvalue weighted by Gasteiger charge is -2.45. The first-order valence-electron chi connectivity index (χ1n) is 5.42. The smallest absolute Gasteiger partial charge is 0.235 e. The number of rotatable bonds is 3. The highest BCUT2D eigenvalue weighted by molar-refractivity contribution is 4.98. The summed E-state index contributed by atoms with van der Waals surface area (Å²) in [5, 5.41) is 5.87. The standard InChI is InChI=1S/C10H19N3O2/c1-7(2)13-8(3)5-10(11-14,12-15)6-9(13)4/h7-9H,5-6H2,1-4H3. The molecular formula is C10H19N3O2. The van der Waals surface area contributed by atoms with Crippen LogP contribution in [0.3, 0.4) is 0 Å². The Morgan fingerprint density at radius 1 is 1.13 bits per heavy atom. The third-order valence-corrected chi connectivity index (χ3v) is 3.20. The Labute approximate surface area is 90.2 Å². The first kappa shape index (κ1) is 12.2. The predicted molar refractivity (Wildman–Crippen MR) is 59.5 cm³/mol. The first-order valence-corrected chi connectivity index (χ1v) is 5.42. The molecule has 0 saturated carbocycles. The molecule has 0 spiro atoms. The van der Waals surface area contributed by atoms with Crippen molar-refractivity contribution in [3.05, 3.63) is 9.81 Å². The number of likely N-dealkylation sites (tertiary alicyclic amines) is 1. The van der Waals surface area contributed by atoms with Gasteiger partial charge in [0.1, 0.15) is 0 Å². The molecule has 5 heteroatoms. The summed E-state index contributed by atoms with van der Waals surface area (Å²) in [4.78, 5) is 23.7. The molecule has 5 nitrogen and oxygen atoms in total. The summed E-state index contributed by atoms with van der Waals surface area (Å²) in [6.45, 7) is 8.26. The van der Waals surface area contributed by atoms with E-state index in [1.165, 1.54) is 0 Å². The van der Waals surface area contributed by atoms with Gasteiger partial charge in [0, 0.05) is 31.0 Å². The lowest BCUT2D eigenvalue weighted by atomic mass is 9.87. The number of nitroso groups, excluding NO2 is 2. The second kappa shape index (κ2) is 4.35. The topological polar surface area (TPSA) is 62.1 Å². The van der Waals surface area contributed by atoms with E-state index in [1.807, 2.05) is 13.8 Å². The third kappa shape index (κ3) is 2.22. The fourth-order valence-corrected chi connectivity index (χ4v) is 2.86. The van der Waals surface area contributed by atoms with Crippen molar-refractivity contribution < 1.29 is 0 Å². The summed E-state index contributed by atoms with van der Waals surface area (Å²) in [5.41, 5.74) is -1.23. The van der Waals surface area contributed by atoms with Gasteiger partial charge in [0.05, 0.1) is 0 Å². The van der Waals surface area contributed by atoms with E-state index in [2.05, 4.69) is 29.1 Å². The van der Waals surface area contributed by atoms with Crippen molar-refractivity contribution in [3.63, 3.8) is 0 Å². The molecule has 0 aromatic carbocycles. The molecule has 0 radical (unpaired) electrons. The Hall–Kier alpha value is -0.840. The van der Waals surface area contributed by atoms with Crippen LogP contribution in [0.2, 0.25) is 0 Å². The van der Waals surface area contributed by atoms with Gasteiger partial charge in [0.15, 0.2) is 0 Å². The van der Waals surface area contributed by atoms with Crippen molar-refractivity contribution in [1.82, 2.24) is 4.90 Å². The van der Waals surface area contributed by atoms with Crippen LogP contribution in [-0.4, -0.2) is 28.7 Å². The summed E-state index contributed by atoms with van der Waals surface area (Å²) >= 11 is 0. The van der Waals surface area contributed by atoms with Crippen LogP contribution >= 0.6 is 0 Å². The number of piperidine rings is 1. The fourth-order valence-electron chi connectivity index (χ4n) is 2.86. The lowest BCUT2D eigenvalue weighted by Crippen LogP contribution is -2.54. The second-order valence-corrected chi connectivity index (χ2v) is 4.81. The van der Waals surface area contributed by atoms with Crippen LogP contribution in [0.15, 0.2) is 10.4 Å². The molecule has 1 fully saturated rings. The van der Waals surface area contributed by atoms with Crippen LogP contribution in [0, 0.1) is 9.81 Å². The van der Waals surface area contributed by atoms with E-state index in [4.69, 9.17) is 0 Å². The lowest BCUT2D eigenvalue weighted by molar-refractivity contribution is 0.0327. The largest absolute Gasteiger partial charge is 0.295 e. The zero-order valence-corrected chi connectivity index (χ0v) is 9.80. The summed E-state index contributed by atoms with van der Waals surface area (Å²) < 4.78 is 0. The fraction of sp³-hybridized carbons (Fsp3) is 1.00. The van der Waals surface area contributed by atoms with Gasteiger partial charge in [-0.15, -0.1) is 9.81 Å². The Kier molecular flexibility index (Phi) is 3.54. The van der Waals surface area contributed by atoms with E-state index >= 15 is 0 Å². The monoisotopic (exact) mass is 213 g/mol. The Morgan fingerprint density at radius 3 is 1.80 bits per heavy atom. The highest BCUT2D eigenvalue weighted by atomic mass is 16.3. The molecule has 2 unspecified atom stereocenters. The van der Waals surface area contributed by atoms with Gasteiger partial charge in [0.25, 0.3) is 0 Å². The molecule has 2 atom stereocenters. The summed E-state index contributed by atoms with van der Waals surface area (Å²) in [6, 6.07) is 0.750. The van der Waals surface area contributed by atoms with Crippen LogP contribution in [0.5, 0.6) is 0 Å². The second-order valence-electron chi connectivity index (χ2n) is 4.81. The molecule has 15 heavy (non-hydrogen) atoms. The van der Waals surface area contributed by atoms with Crippen molar-refractivity contribution in [2.24, 2.45) is 10.4 Å². The predicted octanol–water partition coefficient (Wildman–Crippen LogP) is 2.50. The summed E-state index contributed by atoms with van der Waals surface area (Å²) in [7, 11) is 0. The average molecular weight is 213 g/mol. The maximum Gasteiger partial charge on any atom is 0.235 e. The zero-order chi connectivity index (χ0) is 11.6. The van der Waals surface area contributed by atoms with Gasteiger partial charge in [-0.1, -0.05) is 0 Å². The van der Waals surface area contributed by atoms with Crippen molar-refractivity contribution in [3.8, 4) is 0 Å². The van der Waals surface area contributed by atoms with E-state index in [1.54, 1.807) is 0 Å². The highest BCUT2D eigenvalue weighted by Gasteiger charge is 2.45. The zero-order valence-electron chi connectivity index (χ0n) is 9.80. The minimum atomic E-state index is -1.23. The maximum absolute atomic E-state index is 10.7. The van der Waals surface area contributed by atoms with Crippen molar-refractivity contribution in [2.45, 2.75) is 64.3 Å². The van der Waals surface area contributed by atoms with Crippen LogP contribution in [-0.2, 0) is 0 Å². The van der Waals surface area contributed by atoms with Crippen molar-refractivity contribution in [2.75, 3.05) is 0 Å². The maximum atomic E-state index is 10.7. The van der Waals surface area contributed by atoms with E-state index in [0.717, 1.165) is 0 Å². The van der Waals surface area contributed by atoms with Crippen LogP contribution < -0.4 is 0 Å². The van der Waals surface area contributed by atoms with Crippen LogP contribution in [0.4, 0.5) is 0 Å². The van der Waals surface area contributed by atoms with Crippen LogP contribution in [0.25, 0.3) is 0 Å². The molecule has 0 aromatic rings. The molecule has 0 N–H and O–H groups in total. The molecule has 1 rings (SSSR count). The summed E-state index contributed by atoms with van der Waals surface area (Å²) in [6.07, 6.45) is 0.866. The Morgan fingerprint density at radius 2 is 1.53 bits per heavy atom. The molecule has 86 valence electrons. The minimum absolute atomic E-state index is 0.171. The Bertz CT molecular complexity index is 233. The average Bonchev–Trinajstić information content (AvgIpc) is 2.15. The molecule has 1 saturated heterocycles. The molecular weight excluding hydrogens is 194 g/mol. The van der Waals surface area contributed by atoms with E-state index in [-0.39, 0.29) is 12.1 Å². The van der Waals surface area contributed by atoms with Crippen LogP contribution in [0.1, 0.15) is 40.5 Å². The van der Waals surface area contributed by atoms with Gasteiger partial charge in [-0.3, -0.25) is 4.90 Å². The van der Waals surface area contributed by atoms with Gasteiger partial charge < -0.3 is 0 Å². The number of hydrogen-bond donors (Lipinski definition) is 0. The minimum Gasteiger partial charge on any atom is -0.295 e. The Balaban J connectivity index is 2.87. The van der Waals surface area contributed by atoms with Crippen molar-refractivity contribution in [1.29, 1.82) is 0 Å². The highest BCUT2D eigenvalue weighted by Crippen LogP contribution is 2.35. The molecule has 0 bridgehead atoms. The van der Waals surface area contributed by atoms with E-state index in [0.29, 0.717) is 18.9 Å². The van der Waals surface area contributed by atoms with Gasteiger partial charge >= 0.3 is 0 Å². The quantitative estimate of drug-likeness (QED) is 0.676. The van der Waals surface area contributed by atoms with Gasteiger partial charge in [-0.05, 0) is 38.0 Å². The normalized spacial score (nSPS) is 31.5. The molecule has 1 heterocycles. The van der Waals surface area contributed by atoms with E-state index < -0.39 is 5.66 Å².